The molecule has 2 bridgehead atoms. The van der Waals surface area contributed by atoms with E-state index in [-0.39, 0.29) is 24.2 Å². The number of carbonyl (C=O) groups excluding carboxylic acids is 1. The topological polar surface area (TPSA) is 111 Å². The molecule has 3 saturated carbocycles. The van der Waals surface area contributed by atoms with Crippen molar-refractivity contribution in [1.82, 2.24) is 19.6 Å². The number of methoxy groups -OCH3 is 1. The highest BCUT2D eigenvalue weighted by Crippen LogP contribution is 2.56. The number of amides is 1. The maximum Gasteiger partial charge on any atom is 0.410 e. The fourth-order valence-electron chi connectivity index (χ4n) is 5.57. The highest BCUT2D eigenvalue weighted by atomic mass is 35.5. The summed E-state index contributed by atoms with van der Waals surface area (Å²) in [5.41, 5.74) is 0.00935. The second-order valence-corrected chi connectivity index (χ2v) is 11.3. The number of hydrogen-bond acceptors (Lipinski definition) is 7. The van der Waals surface area contributed by atoms with Gasteiger partial charge in [0.05, 0.1) is 37.1 Å². The minimum atomic E-state index is -3.42. The first-order chi connectivity index (χ1) is 14.6. The van der Waals surface area contributed by atoms with Crippen LogP contribution in [0, 0.1) is 5.92 Å². The van der Waals surface area contributed by atoms with Crippen molar-refractivity contribution in [3.63, 3.8) is 0 Å². The summed E-state index contributed by atoms with van der Waals surface area (Å²) >= 11 is 5.92. The summed E-state index contributed by atoms with van der Waals surface area (Å²) in [6.45, 7) is 2.15. The summed E-state index contributed by atoms with van der Waals surface area (Å²) in [5.74, 6) is 1.25. The summed E-state index contributed by atoms with van der Waals surface area (Å²) in [4.78, 5) is 22.8. The third-order valence-electron chi connectivity index (χ3n) is 6.96. The number of carbonyl (C=O) groups is 1. The van der Waals surface area contributed by atoms with Gasteiger partial charge < -0.3 is 9.47 Å². The van der Waals surface area contributed by atoms with E-state index < -0.39 is 28.2 Å². The average Bonchev–Trinajstić information content (AvgIpc) is 2.98. The zero-order valence-electron chi connectivity index (χ0n) is 18.0. The Kier molecular flexibility index (Phi) is 6.19. The second kappa shape index (κ2) is 8.46. The third-order valence-corrected chi connectivity index (χ3v) is 7.88. The minimum Gasteiger partial charge on any atom is -0.453 e. The number of sulfonamides is 1. The molecule has 1 N–H and O–H groups in total. The number of fused-ring (bicyclic) bond motifs is 2. The molecule has 1 unspecified atom stereocenters. The minimum absolute atomic E-state index is 0.00935. The Labute approximate surface area is 187 Å². The number of rotatable bonds is 6. The molecule has 172 valence electrons. The van der Waals surface area contributed by atoms with Crippen LogP contribution in [0.5, 0.6) is 0 Å². The first-order valence-electron chi connectivity index (χ1n) is 10.5. The van der Waals surface area contributed by atoms with E-state index in [1.807, 2.05) is 6.92 Å². The van der Waals surface area contributed by atoms with E-state index in [0.29, 0.717) is 17.4 Å². The predicted octanol–water partition coefficient (Wildman–Crippen LogP) is 2.10. The van der Waals surface area contributed by atoms with Gasteiger partial charge in [0.2, 0.25) is 10.0 Å². The van der Waals surface area contributed by atoms with Crippen molar-refractivity contribution >= 4 is 27.7 Å². The van der Waals surface area contributed by atoms with E-state index in [1.54, 1.807) is 17.3 Å². The van der Waals surface area contributed by atoms with Crippen molar-refractivity contribution in [1.29, 1.82) is 0 Å². The standard InChI is InChI=1S/C20H29ClN4O5S/c1-12-6-15(24-31(3,27)28)16(25(12)19(26)29-2)11-30-17-4-5-20(7-13(17)8-20)18-22-9-14(21)10-23-18/h9-10,12-13,15-17,24H,4-8,11H2,1-3H3/t12-,13?,15+,16+,17?,20?/m1/s1. The monoisotopic (exact) mass is 472 g/mol. The molecule has 31 heavy (non-hydrogen) atoms. The highest BCUT2D eigenvalue weighted by Gasteiger charge is 2.55. The quantitative estimate of drug-likeness (QED) is 0.674. The Morgan fingerprint density at radius 2 is 2.03 bits per heavy atom. The second-order valence-electron chi connectivity index (χ2n) is 9.11. The van der Waals surface area contributed by atoms with Crippen molar-refractivity contribution in [2.45, 2.75) is 68.7 Å². The fourth-order valence-corrected chi connectivity index (χ4v) is 6.47. The summed E-state index contributed by atoms with van der Waals surface area (Å²) in [6, 6.07) is -0.968. The van der Waals surface area contributed by atoms with Gasteiger partial charge in [-0.05, 0) is 44.9 Å². The van der Waals surface area contributed by atoms with Gasteiger partial charge in [-0.25, -0.2) is 27.9 Å². The summed E-state index contributed by atoms with van der Waals surface area (Å²) in [5, 5.41) is 0.534. The van der Waals surface area contributed by atoms with Gasteiger partial charge in [0.25, 0.3) is 0 Å². The maximum atomic E-state index is 12.3. The molecule has 2 heterocycles. The Bertz CT molecular complexity index is 916. The first-order valence-corrected chi connectivity index (χ1v) is 12.8. The van der Waals surface area contributed by atoms with Crippen LogP contribution in [0.1, 0.15) is 44.9 Å². The normalized spacial score (nSPS) is 35.0. The van der Waals surface area contributed by atoms with Gasteiger partial charge in [0.1, 0.15) is 5.82 Å². The summed E-state index contributed by atoms with van der Waals surface area (Å²) < 4.78 is 37.6. The molecule has 0 radical (unpaired) electrons. The van der Waals surface area contributed by atoms with Gasteiger partial charge in [-0.1, -0.05) is 11.6 Å². The van der Waals surface area contributed by atoms with E-state index in [2.05, 4.69) is 14.7 Å². The molecule has 1 aliphatic heterocycles. The number of likely N-dealkylation sites (tertiary alicyclic amines) is 1. The van der Waals surface area contributed by atoms with Crippen molar-refractivity contribution < 1.29 is 22.7 Å². The van der Waals surface area contributed by atoms with Crippen LogP contribution in [-0.4, -0.2) is 73.6 Å². The van der Waals surface area contributed by atoms with Crippen LogP contribution < -0.4 is 4.72 Å². The number of ether oxygens (including phenoxy) is 2. The number of aromatic nitrogens is 2. The van der Waals surface area contributed by atoms with Crippen LogP contribution in [0.4, 0.5) is 4.79 Å². The molecule has 4 fully saturated rings. The SMILES string of the molecule is COC(=O)N1[C@H](C)C[C@H](NS(C)(=O)=O)[C@@H]1COC1CCC2(c3ncc(Cl)cn3)CC1C2. The van der Waals surface area contributed by atoms with E-state index in [0.717, 1.165) is 37.8 Å². The van der Waals surface area contributed by atoms with Crippen LogP contribution in [0.25, 0.3) is 0 Å². The molecular formula is C20H29ClN4O5S. The van der Waals surface area contributed by atoms with Crippen LogP contribution in [0.3, 0.4) is 0 Å². The smallest absolute Gasteiger partial charge is 0.410 e. The maximum absolute atomic E-state index is 12.3. The van der Waals surface area contributed by atoms with Crippen molar-refractivity contribution in [2.24, 2.45) is 5.92 Å². The molecule has 1 amide bonds. The molecule has 9 nitrogen and oxygen atoms in total. The molecular weight excluding hydrogens is 444 g/mol. The molecule has 0 aromatic carbocycles. The number of halogens is 1. The lowest BCUT2D eigenvalue weighted by molar-refractivity contribution is -0.102. The molecule has 0 spiro atoms. The zero-order valence-corrected chi connectivity index (χ0v) is 19.5. The number of hydrogen-bond donors (Lipinski definition) is 1. The van der Waals surface area contributed by atoms with Crippen LogP contribution in [-0.2, 0) is 24.9 Å². The summed E-state index contributed by atoms with van der Waals surface area (Å²) in [7, 11) is -2.08. The van der Waals surface area contributed by atoms with E-state index in [9.17, 15) is 13.2 Å². The van der Waals surface area contributed by atoms with Gasteiger partial charge in [-0.15, -0.1) is 0 Å². The van der Waals surface area contributed by atoms with Crippen LogP contribution >= 0.6 is 11.6 Å². The van der Waals surface area contributed by atoms with Gasteiger partial charge in [-0.2, -0.15) is 0 Å². The predicted molar refractivity (Wildman–Crippen MR) is 114 cm³/mol. The highest BCUT2D eigenvalue weighted by molar-refractivity contribution is 7.88. The van der Waals surface area contributed by atoms with Crippen LogP contribution in [0.2, 0.25) is 5.02 Å². The molecule has 4 atom stereocenters. The zero-order chi connectivity index (χ0) is 22.4. The largest absolute Gasteiger partial charge is 0.453 e. The third kappa shape index (κ3) is 4.53. The molecule has 1 aromatic heterocycles. The van der Waals surface area contributed by atoms with E-state index in [1.165, 1.54) is 7.11 Å². The van der Waals surface area contributed by atoms with Gasteiger partial charge >= 0.3 is 6.09 Å². The lowest BCUT2D eigenvalue weighted by Crippen LogP contribution is -2.55. The number of nitrogens with one attached hydrogen (secondary N) is 1. The lowest BCUT2D eigenvalue weighted by atomic mass is 9.52. The molecule has 11 heteroatoms. The Balaban J connectivity index is 1.40. The van der Waals surface area contributed by atoms with Crippen LogP contribution in [0.15, 0.2) is 12.4 Å². The van der Waals surface area contributed by atoms with E-state index in [4.69, 9.17) is 21.1 Å². The molecule has 3 aliphatic carbocycles. The molecule has 1 aromatic rings. The van der Waals surface area contributed by atoms with Crippen molar-refractivity contribution in [3.8, 4) is 0 Å². The Hall–Kier alpha value is -1.49. The fraction of sp³-hybridized carbons (Fsp3) is 0.750. The van der Waals surface area contributed by atoms with Gasteiger partial charge in [-0.3, -0.25) is 4.90 Å². The molecule has 1 saturated heterocycles. The molecule has 4 aliphatic rings. The Morgan fingerprint density at radius 1 is 1.35 bits per heavy atom. The number of nitrogens with zero attached hydrogens (tertiary/aromatic N) is 3. The first kappa shape index (κ1) is 22.7. The van der Waals surface area contributed by atoms with E-state index >= 15 is 0 Å². The Morgan fingerprint density at radius 3 is 2.58 bits per heavy atom. The van der Waals surface area contributed by atoms with Gasteiger partial charge in [0, 0.05) is 29.9 Å². The van der Waals surface area contributed by atoms with Gasteiger partial charge in [0.15, 0.2) is 0 Å². The van der Waals surface area contributed by atoms with Crippen molar-refractivity contribution in [2.75, 3.05) is 20.0 Å². The van der Waals surface area contributed by atoms with Crippen molar-refractivity contribution in [3.05, 3.63) is 23.2 Å². The lowest BCUT2D eigenvalue weighted by Gasteiger charge is -2.54. The summed E-state index contributed by atoms with van der Waals surface area (Å²) in [6.07, 6.45) is 8.28. The average molecular weight is 473 g/mol. The molecule has 5 rings (SSSR count).